The van der Waals surface area contributed by atoms with E-state index in [1.165, 1.54) is 6.20 Å². The Morgan fingerprint density at radius 3 is 2.72 bits per heavy atom. The molecule has 2 aliphatic carbocycles. The van der Waals surface area contributed by atoms with E-state index in [2.05, 4.69) is 19.6 Å². The number of aromatic nitrogens is 3. The van der Waals surface area contributed by atoms with Crippen LogP contribution < -0.4 is 5.32 Å². The largest absolute Gasteiger partial charge is 0.339 e. The molecule has 0 radical (unpaired) electrons. The van der Waals surface area contributed by atoms with E-state index in [0.717, 1.165) is 73.4 Å². The number of benzene rings is 1. The van der Waals surface area contributed by atoms with Crippen molar-refractivity contribution in [2.75, 3.05) is 25.0 Å². The zero-order chi connectivity index (χ0) is 31.5. The summed E-state index contributed by atoms with van der Waals surface area (Å²) in [7, 11) is 0. The van der Waals surface area contributed by atoms with Crippen molar-refractivity contribution in [1.29, 1.82) is 0 Å². The van der Waals surface area contributed by atoms with Crippen LogP contribution in [0.25, 0.3) is 5.65 Å². The molecule has 8 nitrogen and oxygen atoms in total. The standard InChI is InChI=1S/C35H33Cl2FN6O2/c1-18-21(33(45)42-12-3-2-4-13-42)10-14-43-26-16-25-27(30(26)41-32(18)43)28(22-9-11-39-31(37)29(22)38)35(44(25)17-19-5-6-19)23-8-7-20(36)15-24(23)40-34(35)46/h7-11,14-15,19,25,27-28H,2-6,12-13,16-17H2,1H3,(H,40,46)/t25-,27+,28-,35+/m0/s1. The second-order valence-electron chi connectivity index (χ2n) is 13.6. The van der Waals surface area contributed by atoms with Crippen LogP contribution in [-0.4, -0.2) is 61.7 Å². The molecule has 1 aromatic carbocycles. The molecule has 0 bridgehead atoms. The average molecular weight is 660 g/mol. The topological polar surface area (TPSA) is 82.8 Å². The second-order valence-corrected chi connectivity index (χ2v) is 14.4. The molecule has 5 aliphatic rings. The Hall–Kier alpha value is -3.53. The second kappa shape index (κ2) is 10.2. The molecule has 3 aromatic heterocycles. The van der Waals surface area contributed by atoms with E-state index < -0.39 is 17.3 Å². The molecule has 4 aromatic rings. The van der Waals surface area contributed by atoms with Gasteiger partial charge in [-0.3, -0.25) is 14.5 Å². The number of halogens is 3. The molecule has 1 spiro atoms. The number of hydrogen-bond acceptors (Lipinski definition) is 5. The van der Waals surface area contributed by atoms with Gasteiger partial charge in [-0.15, -0.1) is 0 Å². The molecule has 9 rings (SSSR count). The Balaban J connectivity index is 1.25. The Bertz CT molecular complexity index is 1970. The van der Waals surface area contributed by atoms with Gasteiger partial charge in [-0.1, -0.05) is 29.3 Å². The van der Waals surface area contributed by atoms with E-state index in [-0.39, 0.29) is 28.9 Å². The first kappa shape index (κ1) is 28.7. The zero-order valence-electron chi connectivity index (χ0n) is 25.4. The van der Waals surface area contributed by atoms with Gasteiger partial charge >= 0.3 is 0 Å². The van der Waals surface area contributed by atoms with Gasteiger partial charge in [0.15, 0.2) is 11.0 Å². The number of aryl methyl sites for hydroxylation is 1. The summed E-state index contributed by atoms with van der Waals surface area (Å²) in [5.74, 6) is -1.24. The molecular formula is C35H33Cl2FN6O2. The highest BCUT2D eigenvalue weighted by atomic mass is 35.5. The minimum absolute atomic E-state index is 0.0421. The van der Waals surface area contributed by atoms with Crippen molar-refractivity contribution in [2.24, 2.45) is 5.92 Å². The van der Waals surface area contributed by atoms with Crippen LogP contribution in [0.4, 0.5) is 10.1 Å². The lowest BCUT2D eigenvalue weighted by Crippen LogP contribution is -2.53. The highest BCUT2D eigenvalue weighted by Gasteiger charge is 2.70. The van der Waals surface area contributed by atoms with Crippen LogP contribution in [0.2, 0.25) is 10.2 Å². The van der Waals surface area contributed by atoms with Gasteiger partial charge in [0.25, 0.3) is 5.91 Å². The Morgan fingerprint density at radius 2 is 1.93 bits per heavy atom. The fourth-order valence-electron chi connectivity index (χ4n) is 9.00. The number of hydrogen-bond donors (Lipinski definition) is 1. The Kier molecular flexibility index (Phi) is 6.38. The molecule has 6 heterocycles. The molecule has 1 N–H and O–H groups in total. The quantitative estimate of drug-likeness (QED) is 0.254. The summed E-state index contributed by atoms with van der Waals surface area (Å²) in [4.78, 5) is 41.7. The van der Waals surface area contributed by atoms with Gasteiger partial charge in [0.1, 0.15) is 11.2 Å². The van der Waals surface area contributed by atoms with Crippen molar-refractivity contribution in [3.05, 3.63) is 92.4 Å². The number of amides is 2. The van der Waals surface area contributed by atoms with Crippen molar-refractivity contribution >= 4 is 46.4 Å². The van der Waals surface area contributed by atoms with E-state index in [1.54, 1.807) is 18.2 Å². The van der Waals surface area contributed by atoms with Gasteiger partial charge < -0.3 is 14.6 Å². The maximum atomic E-state index is 16.2. The third kappa shape index (κ3) is 3.88. The molecule has 2 amide bonds. The Labute approximate surface area is 275 Å². The van der Waals surface area contributed by atoms with Crippen molar-refractivity contribution < 1.29 is 14.0 Å². The summed E-state index contributed by atoms with van der Waals surface area (Å²) in [5, 5.41) is 3.43. The molecule has 0 unspecified atom stereocenters. The van der Waals surface area contributed by atoms with E-state index in [1.807, 2.05) is 30.2 Å². The minimum atomic E-state index is -1.19. The normalized spacial score (nSPS) is 26.9. The predicted molar refractivity (Wildman–Crippen MR) is 173 cm³/mol. The summed E-state index contributed by atoms with van der Waals surface area (Å²) < 4.78 is 18.4. The summed E-state index contributed by atoms with van der Waals surface area (Å²) in [6, 6.07) is 8.98. The maximum Gasteiger partial charge on any atom is 0.254 e. The lowest BCUT2D eigenvalue weighted by molar-refractivity contribution is -0.128. The van der Waals surface area contributed by atoms with E-state index in [4.69, 9.17) is 28.2 Å². The number of anilines is 1. The molecule has 11 heteroatoms. The van der Waals surface area contributed by atoms with Gasteiger partial charge in [-0.25, -0.2) is 14.4 Å². The first-order valence-corrected chi connectivity index (χ1v) is 17.0. The molecule has 236 valence electrons. The molecule has 4 atom stereocenters. The zero-order valence-corrected chi connectivity index (χ0v) is 26.9. The average Bonchev–Trinajstić information content (AvgIpc) is 3.49. The first-order valence-electron chi connectivity index (χ1n) is 16.3. The lowest BCUT2D eigenvalue weighted by Gasteiger charge is -2.40. The number of carbonyl (C=O) groups excluding carboxylic acids is 2. The number of fused-ring (bicyclic) bond motifs is 7. The SMILES string of the molecule is Cc1c(C(=O)N2CCCCC2)ccn2c3c(nc12)[C@@H]1[C@H](C3)N(CC2CC2)[C@@]2(C(=O)Nc3cc(Cl)ccc32)[C@H]1c1ccnc(Cl)c1F. The minimum Gasteiger partial charge on any atom is -0.339 e. The van der Waals surface area contributed by atoms with Crippen molar-refractivity contribution in [3.8, 4) is 0 Å². The number of nitrogens with one attached hydrogen (secondary N) is 1. The molecular weight excluding hydrogens is 626 g/mol. The first-order chi connectivity index (χ1) is 22.3. The Morgan fingerprint density at radius 1 is 1.13 bits per heavy atom. The molecule has 46 heavy (non-hydrogen) atoms. The monoisotopic (exact) mass is 658 g/mol. The van der Waals surface area contributed by atoms with Crippen molar-refractivity contribution in [1.82, 2.24) is 24.2 Å². The molecule has 1 saturated carbocycles. The van der Waals surface area contributed by atoms with E-state index in [0.29, 0.717) is 40.7 Å². The summed E-state index contributed by atoms with van der Waals surface area (Å²) >= 11 is 12.8. The highest BCUT2D eigenvalue weighted by molar-refractivity contribution is 6.31. The van der Waals surface area contributed by atoms with Crippen molar-refractivity contribution in [2.45, 2.75) is 68.9 Å². The number of imidazole rings is 1. The van der Waals surface area contributed by atoms with Crippen LogP contribution in [0, 0.1) is 18.7 Å². The number of likely N-dealkylation sites (tertiary alicyclic amines) is 2. The van der Waals surface area contributed by atoms with Gasteiger partial charge in [0, 0.05) is 89.4 Å². The lowest BCUT2D eigenvalue weighted by atomic mass is 9.71. The van der Waals surface area contributed by atoms with Gasteiger partial charge in [0.2, 0.25) is 5.91 Å². The number of piperidine rings is 1. The number of nitrogens with zero attached hydrogens (tertiary/aromatic N) is 5. The molecule has 3 aliphatic heterocycles. The van der Waals surface area contributed by atoms with E-state index >= 15 is 4.39 Å². The van der Waals surface area contributed by atoms with Gasteiger partial charge in [-0.05, 0) is 74.8 Å². The highest BCUT2D eigenvalue weighted by Crippen LogP contribution is 2.65. The molecule has 2 saturated heterocycles. The van der Waals surface area contributed by atoms with E-state index in [9.17, 15) is 9.59 Å². The summed E-state index contributed by atoms with van der Waals surface area (Å²) in [6.45, 7) is 4.22. The van der Waals surface area contributed by atoms with Crippen LogP contribution >= 0.6 is 23.2 Å². The van der Waals surface area contributed by atoms with Gasteiger partial charge in [0.05, 0.1) is 5.69 Å². The van der Waals surface area contributed by atoms with Crippen molar-refractivity contribution in [3.63, 3.8) is 0 Å². The smallest absolute Gasteiger partial charge is 0.254 e. The van der Waals surface area contributed by atoms with Crippen LogP contribution in [0.5, 0.6) is 0 Å². The summed E-state index contributed by atoms with van der Waals surface area (Å²) in [5.41, 5.74) is 4.73. The van der Waals surface area contributed by atoms with Crippen LogP contribution in [-0.2, 0) is 16.8 Å². The fraction of sp³-hybridized carbons (Fsp3) is 0.429. The van der Waals surface area contributed by atoms with Crippen LogP contribution in [0.1, 0.15) is 82.4 Å². The number of rotatable bonds is 4. The number of pyridine rings is 2. The predicted octanol–water partition coefficient (Wildman–Crippen LogP) is 6.48. The fourth-order valence-corrected chi connectivity index (χ4v) is 9.34. The van der Waals surface area contributed by atoms with Gasteiger partial charge in [-0.2, -0.15) is 0 Å². The van der Waals surface area contributed by atoms with Crippen LogP contribution in [0.3, 0.4) is 0 Å². The number of carbonyl (C=O) groups is 2. The third-order valence-corrected chi connectivity index (χ3v) is 11.7. The summed E-state index contributed by atoms with van der Waals surface area (Å²) in [6.07, 6.45) is 9.51. The van der Waals surface area contributed by atoms with Crippen LogP contribution in [0.15, 0.2) is 42.7 Å². The maximum absolute atomic E-state index is 16.2. The third-order valence-electron chi connectivity index (χ3n) is 11.2. The molecule has 3 fully saturated rings.